The Labute approximate surface area is 163 Å². The summed E-state index contributed by atoms with van der Waals surface area (Å²) in [5, 5.41) is 0. The van der Waals surface area contributed by atoms with Crippen molar-refractivity contribution in [1.29, 1.82) is 0 Å². The van der Waals surface area contributed by atoms with Crippen LogP contribution in [0, 0.1) is 5.92 Å². The Kier molecular flexibility index (Phi) is 4.71. The molecule has 3 aliphatic rings. The molecule has 2 heterocycles. The van der Waals surface area contributed by atoms with Gasteiger partial charge < -0.3 is 18.9 Å². The highest BCUT2D eigenvalue weighted by molar-refractivity contribution is 6.02. The van der Waals surface area contributed by atoms with Crippen LogP contribution in [0.1, 0.15) is 36.5 Å². The summed E-state index contributed by atoms with van der Waals surface area (Å²) in [4.78, 5) is 25.8. The van der Waals surface area contributed by atoms with Crippen LogP contribution in [0.15, 0.2) is 52.8 Å². The molecule has 0 radical (unpaired) electrons. The van der Waals surface area contributed by atoms with Crippen LogP contribution in [0.4, 0.5) is 0 Å². The van der Waals surface area contributed by atoms with Crippen LogP contribution in [-0.4, -0.2) is 33.3 Å². The van der Waals surface area contributed by atoms with Gasteiger partial charge in [-0.3, -0.25) is 0 Å². The van der Waals surface area contributed by atoms with Crippen LogP contribution < -0.4 is 0 Å². The predicted octanol–water partition coefficient (Wildman–Crippen LogP) is 3.46. The first kappa shape index (κ1) is 18.3. The molecule has 1 fully saturated rings. The Morgan fingerprint density at radius 1 is 1.04 bits per heavy atom. The molecular weight excluding hydrogens is 360 g/mol. The lowest BCUT2D eigenvalue weighted by Gasteiger charge is -2.22. The summed E-state index contributed by atoms with van der Waals surface area (Å²) < 4.78 is 22.0. The minimum absolute atomic E-state index is 0.201. The number of allylic oxidation sites excluding steroid dienone is 2. The van der Waals surface area contributed by atoms with Crippen LogP contribution >= 0.6 is 0 Å². The van der Waals surface area contributed by atoms with Gasteiger partial charge in [-0.1, -0.05) is 24.3 Å². The second-order valence-corrected chi connectivity index (χ2v) is 6.94. The summed E-state index contributed by atoms with van der Waals surface area (Å²) in [5.41, 5.74) is 3.15. The molecule has 0 saturated heterocycles. The number of ether oxygens (including phenoxy) is 4. The van der Waals surface area contributed by atoms with E-state index in [0.29, 0.717) is 17.1 Å². The summed E-state index contributed by atoms with van der Waals surface area (Å²) in [6.45, 7) is 0. The molecule has 2 atom stereocenters. The molecule has 146 valence electrons. The van der Waals surface area contributed by atoms with Crippen molar-refractivity contribution < 1.29 is 28.5 Å². The molecule has 1 aromatic carbocycles. The molecule has 1 saturated carbocycles. The number of hydrogen-bond donors (Lipinski definition) is 0. The van der Waals surface area contributed by atoms with Gasteiger partial charge in [-0.15, -0.1) is 0 Å². The lowest BCUT2D eigenvalue weighted by atomic mass is 9.84. The van der Waals surface area contributed by atoms with E-state index in [2.05, 4.69) is 0 Å². The van der Waals surface area contributed by atoms with E-state index in [-0.39, 0.29) is 11.5 Å². The molecule has 6 nitrogen and oxygen atoms in total. The zero-order valence-corrected chi connectivity index (χ0v) is 16.1. The second-order valence-electron chi connectivity index (χ2n) is 6.94. The summed E-state index contributed by atoms with van der Waals surface area (Å²) >= 11 is 0. The first-order valence-electron chi connectivity index (χ1n) is 9.26. The van der Waals surface area contributed by atoms with E-state index < -0.39 is 18.0 Å². The number of methoxy groups -OCH3 is 3. The topological polar surface area (TPSA) is 71.1 Å². The SMILES string of the molecule is COC(=O)/C1=C(\C(=O)OC)C2O/C(=C\C(OC)=C3\CCCC13)c1ccccc12. The highest BCUT2D eigenvalue weighted by Crippen LogP contribution is 2.49. The van der Waals surface area contributed by atoms with Gasteiger partial charge in [-0.2, -0.15) is 0 Å². The van der Waals surface area contributed by atoms with Crippen molar-refractivity contribution in [2.24, 2.45) is 5.92 Å². The normalized spacial score (nSPS) is 29.9. The maximum atomic E-state index is 12.9. The van der Waals surface area contributed by atoms with Crippen LogP contribution in [0.2, 0.25) is 0 Å². The average Bonchev–Trinajstić information content (AvgIpc) is 3.34. The van der Waals surface area contributed by atoms with Crippen molar-refractivity contribution in [1.82, 2.24) is 0 Å². The first-order valence-corrected chi connectivity index (χ1v) is 9.26. The fourth-order valence-corrected chi connectivity index (χ4v) is 4.41. The van der Waals surface area contributed by atoms with E-state index in [4.69, 9.17) is 18.9 Å². The van der Waals surface area contributed by atoms with E-state index in [1.807, 2.05) is 30.3 Å². The van der Waals surface area contributed by atoms with Gasteiger partial charge in [0, 0.05) is 23.1 Å². The minimum Gasteiger partial charge on any atom is -0.497 e. The van der Waals surface area contributed by atoms with Crippen molar-refractivity contribution in [3.8, 4) is 0 Å². The van der Waals surface area contributed by atoms with Crippen molar-refractivity contribution in [3.63, 3.8) is 0 Å². The summed E-state index contributed by atoms with van der Waals surface area (Å²) in [6.07, 6.45) is 3.52. The van der Waals surface area contributed by atoms with E-state index in [1.165, 1.54) is 14.2 Å². The highest BCUT2D eigenvalue weighted by Gasteiger charge is 2.44. The lowest BCUT2D eigenvalue weighted by molar-refractivity contribution is -0.140. The Morgan fingerprint density at radius 2 is 1.75 bits per heavy atom. The second kappa shape index (κ2) is 7.19. The van der Waals surface area contributed by atoms with E-state index in [0.717, 1.165) is 36.0 Å². The van der Waals surface area contributed by atoms with Gasteiger partial charge in [0.05, 0.1) is 32.5 Å². The summed E-state index contributed by atoms with van der Waals surface area (Å²) in [5.74, 6) is -0.127. The van der Waals surface area contributed by atoms with Gasteiger partial charge in [-0.25, -0.2) is 9.59 Å². The molecule has 1 aliphatic carbocycles. The molecule has 4 rings (SSSR count). The number of rotatable bonds is 3. The average molecular weight is 382 g/mol. The van der Waals surface area contributed by atoms with Crippen molar-refractivity contribution in [2.75, 3.05) is 21.3 Å². The van der Waals surface area contributed by atoms with Gasteiger partial charge in [0.2, 0.25) is 0 Å². The standard InChI is InChI=1S/C22H22O6/c1-25-16-11-17-13-7-4-5-8-15(13)20(28-17)19(22(24)27-3)18(21(23)26-2)14-10-6-9-12(14)16/h4-5,7-8,11,14,20H,6,9-10H2,1-3H3/b16-12+,17-11-,19-18-. The summed E-state index contributed by atoms with van der Waals surface area (Å²) in [7, 11) is 4.23. The third-order valence-corrected chi connectivity index (χ3v) is 5.62. The number of fused-ring (bicyclic) bond motifs is 6. The first-order chi connectivity index (χ1) is 13.6. The van der Waals surface area contributed by atoms with Gasteiger partial charge in [0.1, 0.15) is 11.5 Å². The van der Waals surface area contributed by atoms with Crippen LogP contribution in [0.25, 0.3) is 5.76 Å². The zero-order chi connectivity index (χ0) is 19.8. The molecule has 28 heavy (non-hydrogen) atoms. The Hall–Kier alpha value is -3.02. The maximum Gasteiger partial charge on any atom is 0.338 e. The van der Waals surface area contributed by atoms with Crippen molar-refractivity contribution >= 4 is 17.7 Å². The fraction of sp³-hybridized carbons (Fsp3) is 0.364. The lowest BCUT2D eigenvalue weighted by Crippen LogP contribution is -2.24. The van der Waals surface area contributed by atoms with Crippen LogP contribution in [-0.2, 0) is 28.5 Å². The molecule has 6 heteroatoms. The zero-order valence-electron chi connectivity index (χ0n) is 16.1. The van der Waals surface area contributed by atoms with E-state index >= 15 is 0 Å². The van der Waals surface area contributed by atoms with Gasteiger partial charge in [0.15, 0.2) is 6.10 Å². The number of esters is 2. The quantitative estimate of drug-likeness (QED) is 0.746. The molecule has 0 N–H and O–H groups in total. The minimum atomic E-state index is -0.734. The number of carbonyl (C=O) groups excluding carboxylic acids is 2. The molecule has 0 aromatic heterocycles. The van der Waals surface area contributed by atoms with Gasteiger partial charge in [0.25, 0.3) is 0 Å². The number of benzene rings is 1. The maximum absolute atomic E-state index is 12.9. The van der Waals surface area contributed by atoms with Crippen molar-refractivity contribution in [3.05, 3.63) is 63.9 Å². The largest absolute Gasteiger partial charge is 0.497 e. The molecular formula is C22H22O6. The van der Waals surface area contributed by atoms with Gasteiger partial charge >= 0.3 is 11.9 Å². The Morgan fingerprint density at radius 3 is 2.46 bits per heavy atom. The Balaban J connectivity index is 2.08. The number of carbonyl (C=O) groups is 2. The van der Waals surface area contributed by atoms with Crippen LogP contribution in [0.5, 0.6) is 0 Å². The third-order valence-electron chi connectivity index (χ3n) is 5.62. The fourth-order valence-electron chi connectivity index (χ4n) is 4.41. The molecule has 2 bridgehead atoms. The molecule has 2 unspecified atom stereocenters. The van der Waals surface area contributed by atoms with E-state index in [9.17, 15) is 9.59 Å². The predicted molar refractivity (Wildman–Crippen MR) is 101 cm³/mol. The molecule has 1 aromatic rings. The highest BCUT2D eigenvalue weighted by atomic mass is 16.5. The smallest absolute Gasteiger partial charge is 0.338 e. The molecule has 0 amide bonds. The number of hydrogen-bond acceptors (Lipinski definition) is 6. The van der Waals surface area contributed by atoms with Crippen LogP contribution in [0.3, 0.4) is 0 Å². The summed E-state index contributed by atoms with van der Waals surface area (Å²) in [6, 6.07) is 7.61. The van der Waals surface area contributed by atoms with Crippen molar-refractivity contribution in [2.45, 2.75) is 25.4 Å². The Bertz CT molecular complexity index is 936. The van der Waals surface area contributed by atoms with Gasteiger partial charge in [-0.05, 0) is 24.8 Å². The van der Waals surface area contributed by atoms with E-state index in [1.54, 1.807) is 7.11 Å². The molecule has 0 spiro atoms. The molecule has 2 aliphatic heterocycles. The monoisotopic (exact) mass is 382 g/mol. The third kappa shape index (κ3) is 2.71.